The van der Waals surface area contributed by atoms with Crippen molar-refractivity contribution in [3.05, 3.63) is 143 Å². The second kappa shape index (κ2) is 11.6. The molecular weight excluding hydrogens is 551 g/mol. The maximum atomic E-state index is 2.45. The molecule has 0 amide bonds. The summed E-state index contributed by atoms with van der Waals surface area (Å²) in [6, 6.07) is 36.2. The zero-order valence-electron chi connectivity index (χ0n) is 26.3. The van der Waals surface area contributed by atoms with Crippen molar-refractivity contribution in [3.8, 4) is 22.3 Å². The van der Waals surface area contributed by atoms with Crippen LogP contribution in [0.1, 0.15) is 42.5 Å². The molecule has 1 atom stereocenters. The molecule has 0 N–H and O–H groups in total. The van der Waals surface area contributed by atoms with Crippen LogP contribution in [0, 0.1) is 26.7 Å². The Bertz CT molecular complexity index is 2090. The van der Waals surface area contributed by atoms with Crippen molar-refractivity contribution in [3.63, 3.8) is 0 Å². The molecule has 0 fully saturated rings. The Morgan fingerprint density at radius 1 is 0.705 bits per heavy atom. The third-order valence-corrected chi connectivity index (χ3v) is 10.4. The molecule has 0 saturated carbocycles. The van der Waals surface area contributed by atoms with E-state index in [0.29, 0.717) is 5.92 Å². The monoisotopic (exact) mass is 589 g/mol. The van der Waals surface area contributed by atoms with Gasteiger partial charge in [-0.2, -0.15) is 0 Å². The third-order valence-electron chi connectivity index (χ3n) is 9.21. The predicted molar refractivity (Wildman–Crippen MR) is 193 cm³/mol. The lowest BCUT2D eigenvalue weighted by Gasteiger charge is -2.30. The van der Waals surface area contributed by atoms with E-state index in [9.17, 15) is 0 Å². The van der Waals surface area contributed by atoms with Gasteiger partial charge in [0.15, 0.2) is 0 Å². The molecule has 44 heavy (non-hydrogen) atoms. The smallest absolute Gasteiger partial charge is 0.0467 e. The highest BCUT2D eigenvalue weighted by molar-refractivity contribution is 7.26. The molecule has 5 aromatic carbocycles. The minimum Gasteiger partial charge on any atom is -0.311 e. The fourth-order valence-corrected chi connectivity index (χ4v) is 8.07. The van der Waals surface area contributed by atoms with Crippen LogP contribution in [-0.2, 0) is 6.42 Å². The Morgan fingerprint density at radius 2 is 1.48 bits per heavy atom. The fourth-order valence-electron chi connectivity index (χ4n) is 6.76. The van der Waals surface area contributed by atoms with Crippen molar-refractivity contribution >= 4 is 42.9 Å². The average molecular weight is 590 g/mol. The number of allylic oxidation sites excluding steroid dienone is 3. The zero-order chi connectivity index (χ0) is 30.4. The van der Waals surface area contributed by atoms with Gasteiger partial charge in [-0.3, -0.25) is 0 Å². The molecule has 1 unspecified atom stereocenters. The topological polar surface area (TPSA) is 3.24 Å². The lowest BCUT2D eigenvalue weighted by Crippen LogP contribution is -2.17. The van der Waals surface area contributed by atoms with Gasteiger partial charge < -0.3 is 4.90 Å². The van der Waals surface area contributed by atoms with Crippen LogP contribution in [0.25, 0.3) is 42.4 Å². The minimum absolute atomic E-state index is 0.555. The van der Waals surface area contributed by atoms with Gasteiger partial charge in [-0.15, -0.1) is 11.3 Å². The quantitative estimate of drug-likeness (QED) is 0.187. The summed E-state index contributed by atoms with van der Waals surface area (Å²) in [5.41, 5.74) is 14.2. The number of hydrogen-bond donors (Lipinski definition) is 0. The van der Waals surface area contributed by atoms with Gasteiger partial charge in [-0.25, -0.2) is 0 Å². The Hall–Kier alpha value is -4.40. The molecule has 0 saturated heterocycles. The summed E-state index contributed by atoms with van der Waals surface area (Å²) in [6.45, 7) is 11.3. The molecule has 1 aliphatic rings. The molecular formula is C42H39NS. The van der Waals surface area contributed by atoms with Crippen molar-refractivity contribution in [1.82, 2.24) is 0 Å². The maximum Gasteiger partial charge on any atom is 0.0467 e. The van der Waals surface area contributed by atoms with Gasteiger partial charge in [0.25, 0.3) is 0 Å². The highest BCUT2D eigenvalue weighted by Gasteiger charge is 2.20. The van der Waals surface area contributed by atoms with Crippen LogP contribution in [-0.4, -0.2) is 0 Å². The largest absolute Gasteiger partial charge is 0.311 e. The molecule has 1 aromatic heterocycles. The van der Waals surface area contributed by atoms with Gasteiger partial charge in [0.2, 0.25) is 0 Å². The van der Waals surface area contributed by atoms with Crippen LogP contribution in [0.3, 0.4) is 0 Å². The van der Waals surface area contributed by atoms with Gasteiger partial charge in [-0.1, -0.05) is 92.7 Å². The first kappa shape index (κ1) is 28.4. The second-order valence-corrected chi connectivity index (χ2v) is 13.3. The van der Waals surface area contributed by atoms with Crippen molar-refractivity contribution < 1.29 is 0 Å². The Morgan fingerprint density at radius 3 is 2.25 bits per heavy atom. The maximum absolute atomic E-state index is 2.45. The van der Waals surface area contributed by atoms with Crippen molar-refractivity contribution in [2.75, 3.05) is 4.90 Å². The van der Waals surface area contributed by atoms with E-state index in [1.54, 1.807) is 0 Å². The van der Waals surface area contributed by atoms with E-state index in [1.807, 2.05) is 11.3 Å². The van der Waals surface area contributed by atoms with Crippen LogP contribution in [0.2, 0.25) is 0 Å². The van der Waals surface area contributed by atoms with E-state index in [1.165, 1.54) is 81.8 Å². The molecule has 6 aromatic rings. The summed E-state index contributed by atoms with van der Waals surface area (Å²) in [7, 11) is 0. The Balaban J connectivity index is 1.38. The van der Waals surface area contributed by atoms with Crippen LogP contribution in [0.15, 0.2) is 121 Å². The van der Waals surface area contributed by atoms with E-state index in [2.05, 4.69) is 155 Å². The lowest BCUT2D eigenvalue weighted by atomic mass is 9.92. The lowest BCUT2D eigenvalue weighted by molar-refractivity contribution is 0.728. The first-order valence-electron chi connectivity index (χ1n) is 15.8. The standard InChI is InChI=1S/C42H39NS/c1-6-31-18-21-34(26-39(31)35-12-8-7-11-28(35)3)43(32-19-15-27(2)16-20-32)33-22-24-36(30(5)25-33)41-29(4)17-23-38-37-13-9-10-14-40(37)44-42(38)41/h7-15,17-27H,6,16H2,1-5H3. The molecule has 1 nitrogen and oxygen atoms in total. The second-order valence-electron chi connectivity index (χ2n) is 12.3. The van der Waals surface area contributed by atoms with Gasteiger partial charge in [0, 0.05) is 42.8 Å². The molecule has 1 heterocycles. The first-order valence-corrected chi connectivity index (χ1v) is 16.6. The Kier molecular flexibility index (Phi) is 7.48. The normalized spacial score (nSPS) is 14.8. The molecule has 218 valence electrons. The van der Waals surface area contributed by atoms with Crippen molar-refractivity contribution in [2.45, 2.75) is 47.5 Å². The van der Waals surface area contributed by atoms with E-state index in [0.717, 1.165) is 12.8 Å². The van der Waals surface area contributed by atoms with Crippen LogP contribution in [0.4, 0.5) is 11.4 Å². The number of anilines is 2. The van der Waals surface area contributed by atoms with Gasteiger partial charge in [-0.05, 0) is 115 Å². The highest BCUT2D eigenvalue weighted by atomic mass is 32.1. The molecule has 1 aliphatic carbocycles. The zero-order valence-corrected chi connectivity index (χ0v) is 27.1. The summed E-state index contributed by atoms with van der Waals surface area (Å²) in [6.07, 6.45) is 9.10. The molecule has 0 spiro atoms. The fraction of sp³-hybridized carbons (Fsp3) is 0.190. The van der Waals surface area contributed by atoms with Gasteiger partial charge in [0.1, 0.15) is 0 Å². The van der Waals surface area contributed by atoms with Crippen LogP contribution in [0.5, 0.6) is 0 Å². The number of fused-ring (bicyclic) bond motifs is 3. The molecule has 0 bridgehead atoms. The number of thiophene rings is 1. The Labute approximate surface area is 265 Å². The van der Waals surface area contributed by atoms with Crippen LogP contribution < -0.4 is 4.90 Å². The van der Waals surface area contributed by atoms with E-state index in [-0.39, 0.29) is 0 Å². The summed E-state index contributed by atoms with van der Waals surface area (Å²) in [5.74, 6) is 0.555. The van der Waals surface area contributed by atoms with E-state index < -0.39 is 0 Å². The molecule has 0 aliphatic heterocycles. The molecule has 0 radical (unpaired) electrons. The van der Waals surface area contributed by atoms with E-state index >= 15 is 0 Å². The summed E-state index contributed by atoms with van der Waals surface area (Å²) < 4.78 is 2.73. The van der Waals surface area contributed by atoms with Crippen LogP contribution >= 0.6 is 11.3 Å². The highest BCUT2D eigenvalue weighted by Crippen LogP contribution is 2.44. The minimum atomic E-state index is 0.555. The van der Waals surface area contributed by atoms with E-state index in [4.69, 9.17) is 0 Å². The number of hydrogen-bond acceptors (Lipinski definition) is 2. The third kappa shape index (κ3) is 4.98. The summed E-state index contributed by atoms with van der Waals surface area (Å²) in [4.78, 5) is 2.45. The number of benzene rings is 5. The number of nitrogens with zero attached hydrogens (tertiary/aromatic N) is 1. The average Bonchev–Trinajstić information content (AvgIpc) is 3.41. The summed E-state index contributed by atoms with van der Waals surface area (Å²) in [5, 5.41) is 2.70. The van der Waals surface area contributed by atoms with Crippen molar-refractivity contribution in [1.29, 1.82) is 0 Å². The van der Waals surface area contributed by atoms with Crippen molar-refractivity contribution in [2.24, 2.45) is 5.92 Å². The molecule has 7 rings (SSSR count). The number of aryl methyl sites for hydroxylation is 4. The molecule has 2 heteroatoms. The van der Waals surface area contributed by atoms with Gasteiger partial charge >= 0.3 is 0 Å². The SMILES string of the molecule is CCc1ccc(N(C2=CCC(C)C=C2)c2ccc(-c3c(C)ccc4c3sc3ccccc34)c(C)c2)cc1-c1ccccc1C. The predicted octanol–water partition coefficient (Wildman–Crippen LogP) is 12.5. The van der Waals surface area contributed by atoms with Gasteiger partial charge in [0.05, 0.1) is 0 Å². The summed E-state index contributed by atoms with van der Waals surface area (Å²) >= 11 is 1.91. The first-order chi connectivity index (χ1) is 21.4. The number of rotatable bonds is 6.